The van der Waals surface area contributed by atoms with Crippen molar-refractivity contribution in [2.45, 2.75) is 18.5 Å². The van der Waals surface area contributed by atoms with Crippen LogP contribution in [-0.2, 0) is 4.79 Å². The number of carbonyl (C=O) groups is 1. The second-order valence-corrected chi connectivity index (χ2v) is 3.71. The van der Waals surface area contributed by atoms with Crippen molar-refractivity contribution >= 4 is 31.2 Å². The zero-order valence-electron chi connectivity index (χ0n) is 8.60. The molecule has 2 N–H and O–H groups in total. The lowest BCUT2D eigenvalue weighted by Crippen LogP contribution is -2.46. The van der Waals surface area contributed by atoms with Crippen LogP contribution in [0.5, 0.6) is 0 Å². The maximum absolute atomic E-state index is 10.6. The lowest BCUT2D eigenvalue weighted by Gasteiger charge is -2.25. The summed E-state index contributed by atoms with van der Waals surface area (Å²) >= 11 is 0. The van der Waals surface area contributed by atoms with Crippen molar-refractivity contribution in [2.24, 2.45) is 5.73 Å². The van der Waals surface area contributed by atoms with Crippen LogP contribution in [-0.4, -0.2) is 49.1 Å². The number of nitrogens with two attached hydrogens (primary N) is 1. The van der Waals surface area contributed by atoms with E-state index in [0.717, 1.165) is 32.3 Å². The van der Waals surface area contributed by atoms with E-state index in [2.05, 4.69) is 0 Å². The number of hydrogen-bond donors (Lipinski definition) is 1. The second kappa shape index (κ2) is 6.45. The Morgan fingerprint density at radius 3 is 2.07 bits per heavy atom. The highest BCUT2D eigenvalue weighted by Gasteiger charge is 2.43. The summed E-state index contributed by atoms with van der Waals surface area (Å²) in [6.45, 7) is 1.60. The number of carbonyl (C=O) groups excluding carboxylic acids is 1. The number of halogens is 2. The van der Waals surface area contributed by atoms with Crippen LogP contribution >= 0.6 is 24.8 Å². The molecule has 14 heavy (non-hydrogen) atoms. The molecule has 1 aliphatic rings. The van der Waals surface area contributed by atoms with Crippen molar-refractivity contribution < 1.29 is 4.79 Å². The van der Waals surface area contributed by atoms with Crippen LogP contribution in [0.15, 0.2) is 0 Å². The molecule has 0 atom stereocenters. The van der Waals surface area contributed by atoms with Gasteiger partial charge in [-0.1, -0.05) is 0 Å². The Kier molecular flexibility index (Phi) is 7.56. The molecule has 0 bridgehead atoms. The van der Waals surface area contributed by atoms with Gasteiger partial charge in [0.2, 0.25) is 6.41 Å². The molecule has 1 amide bonds. The van der Waals surface area contributed by atoms with Crippen molar-refractivity contribution in [3.8, 4) is 0 Å². The van der Waals surface area contributed by atoms with Gasteiger partial charge in [0.1, 0.15) is 0 Å². The molecule has 6 heteroatoms. The van der Waals surface area contributed by atoms with Crippen LogP contribution in [0.3, 0.4) is 0 Å². The van der Waals surface area contributed by atoms with Crippen LogP contribution in [0, 0.1) is 0 Å². The largest absolute Gasteiger partial charge is 0.326 e. The minimum absolute atomic E-state index is 0. The molecule has 1 rings (SSSR count). The lowest BCUT2D eigenvalue weighted by atomic mass is 10.4. The van der Waals surface area contributed by atoms with E-state index in [4.69, 9.17) is 5.73 Å². The fourth-order valence-corrected chi connectivity index (χ4v) is 1.10. The molecule has 1 saturated carbocycles. The van der Waals surface area contributed by atoms with Crippen LogP contribution in [0.2, 0.25) is 0 Å². The Labute approximate surface area is 97.6 Å². The average molecular weight is 244 g/mol. The lowest BCUT2D eigenvalue weighted by molar-refractivity contribution is -0.121. The minimum Gasteiger partial charge on any atom is -0.326 e. The Bertz CT molecular complexity index is 174. The van der Waals surface area contributed by atoms with E-state index in [0.29, 0.717) is 0 Å². The molecule has 0 unspecified atom stereocenters. The number of hydrogen-bond acceptors (Lipinski definition) is 3. The monoisotopic (exact) mass is 243 g/mol. The molecule has 0 aromatic heterocycles. The maximum atomic E-state index is 10.6. The van der Waals surface area contributed by atoms with E-state index in [9.17, 15) is 4.79 Å². The van der Waals surface area contributed by atoms with Crippen LogP contribution in [0.25, 0.3) is 0 Å². The van der Waals surface area contributed by atoms with Crippen molar-refractivity contribution in [1.29, 1.82) is 0 Å². The van der Waals surface area contributed by atoms with Crippen LogP contribution in [0.4, 0.5) is 0 Å². The Morgan fingerprint density at radius 1 is 1.29 bits per heavy atom. The second-order valence-electron chi connectivity index (χ2n) is 3.71. The summed E-state index contributed by atoms with van der Waals surface area (Å²) in [5.74, 6) is 0. The van der Waals surface area contributed by atoms with Crippen LogP contribution in [0.1, 0.15) is 12.8 Å². The van der Waals surface area contributed by atoms with E-state index >= 15 is 0 Å². The number of amides is 1. The van der Waals surface area contributed by atoms with Crippen LogP contribution < -0.4 is 5.73 Å². The summed E-state index contributed by atoms with van der Waals surface area (Å²) in [7, 11) is 3.97. The summed E-state index contributed by atoms with van der Waals surface area (Å²) in [6, 6.07) is 0. The van der Waals surface area contributed by atoms with Gasteiger partial charge in [-0.05, 0) is 26.9 Å². The maximum Gasteiger partial charge on any atom is 0.211 e. The number of nitrogens with zero attached hydrogens (tertiary/aromatic N) is 2. The summed E-state index contributed by atoms with van der Waals surface area (Å²) in [4.78, 5) is 14.4. The van der Waals surface area contributed by atoms with E-state index in [1.807, 2.05) is 19.0 Å². The molecule has 4 nitrogen and oxygen atoms in total. The summed E-state index contributed by atoms with van der Waals surface area (Å²) < 4.78 is 0. The van der Waals surface area contributed by atoms with Crippen molar-refractivity contribution in [1.82, 2.24) is 9.80 Å². The van der Waals surface area contributed by atoms with Gasteiger partial charge >= 0.3 is 0 Å². The first kappa shape index (κ1) is 16.4. The van der Waals surface area contributed by atoms with Gasteiger partial charge in [-0.2, -0.15) is 0 Å². The van der Waals surface area contributed by atoms with Gasteiger partial charge in [-0.3, -0.25) is 4.79 Å². The highest BCUT2D eigenvalue weighted by atomic mass is 35.5. The smallest absolute Gasteiger partial charge is 0.211 e. The first-order valence-electron chi connectivity index (χ1n) is 4.24. The van der Waals surface area contributed by atoms with Gasteiger partial charge in [-0.25, -0.2) is 0 Å². The third-order valence-corrected chi connectivity index (χ3v) is 2.25. The van der Waals surface area contributed by atoms with Gasteiger partial charge in [-0.15, -0.1) is 24.8 Å². The third-order valence-electron chi connectivity index (χ3n) is 2.25. The first-order chi connectivity index (χ1) is 5.58. The molecule has 0 heterocycles. The van der Waals surface area contributed by atoms with Crippen molar-refractivity contribution in [3.05, 3.63) is 0 Å². The molecule has 0 aromatic rings. The molecule has 1 fully saturated rings. The van der Waals surface area contributed by atoms with E-state index < -0.39 is 0 Å². The zero-order valence-corrected chi connectivity index (χ0v) is 10.2. The predicted molar refractivity (Wildman–Crippen MR) is 62.0 cm³/mol. The van der Waals surface area contributed by atoms with Crippen molar-refractivity contribution in [3.63, 3.8) is 0 Å². The molecule has 0 saturated heterocycles. The minimum atomic E-state index is -0.308. The summed E-state index contributed by atoms with van der Waals surface area (Å²) in [5.41, 5.74) is 5.56. The molecule has 0 radical (unpaired) electrons. The Morgan fingerprint density at radius 2 is 1.79 bits per heavy atom. The van der Waals surface area contributed by atoms with Crippen molar-refractivity contribution in [2.75, 3.05) is 27.2 Å². The van der Waals surface area contributed by atoms with E-state index in [1.165, 1.54) is 0 Å². The van der Waals surface area contributed by atoms with Gasteiger partial charge < -0.3 is 15.5 Å². The molecule has 0 aliphatic heterocycles. The van der Waals surface area contributed by atoms with Gasteiger partial charge in [0.15, 0.2) is 0 Å². The fraction of sp³-hybridized carbons (Fsp3) is 0.875. The normalized spacial score (nSPS) is 16.6. The molecule has 86 valence electrons. The molecule has 1 aliphatic carbocycles. The topological polar surface area (TPSA) is 49.6 Å². The molecule has 0 aromatic carbocycles. The van der Waals surface area contributed by atoms with E-state index in [-0.39, 0.29) is 30.5 Å². The Hall–Kier alpha value is -0.0300. The van der Waals surface area contributed by atoms with Gasteiger partial charge in [0, 0.05) is 13.1 Å². The van der Waals surface area contributed by atoms with E-state index in [1.54, 1.807) is 4.90 Å². The number of rotatable bonds is 5. The zero-order chi connectivity index (χ0) is 9.19. The standard InChI is InChI=1S/C8H17N3O.2ClH/c1-10(2)5-6-11(7-12)8(9)3-4-8;;/h7H,3-6,9H2,1-2H3;2*1H. The molecular formula is C8H19Cl2N3O. The highest BCUT2D eigenvalue weighted by molar-refractivity contribution is 5.85. The predicted octanol–water partition coefficient (Wildman–Crippen LogP) is 0.299. The SMILES string of the molecule is CN(C)CCN(C=O)C1(N)CC1.Cl.Cl. The Balaban J connectivity index is 0. The molecular weight excluding hydrogens is 225 g/mol. The fourth-order valence-electron chi connectivity index (χ4n) is 1.10. The van der Waals surface area contributed by atoms with Gasteiger partial charge in [0.25, 0.3) is 0 Å². The number of likely N-dealkylation sites (N-methyl/N-ethyl adjacent to an activating group) is 1. The summed E-state index contributed by atoms with van der Waals surface area (Å²) in [6.07, 6.45) is 2.74. The first-order valence-corrected chi connectivity index (χ1v) is 4.24. The van der Waals surface area contributed by atoms with Gasteiger partial charge in [0.05, 0.1) is 5.66 Å². The quantitative estimate of drug-likeness (QED) is 0.559. The average Bonchev–Trinajstić information content (AvgIpc) is 2.69. The summed E-state index contributed by atoms with van der Waals surface area (Å²) in [5, 5.41) is 0. The molecule has 0 spiro atoms. The third kappa shape index (κ3) is 4.46. The highest BCUT2D eigenvalue weighted by Crippen LogP contribution is 2.34.